The van der Waals surface area contributed by atoms with Crippen molar-refractivity contribution in [3.63, 3.8) is 0 Å². The summed E-state index contributed by atoms with van der Waals surface area (Å²) in [5.41, 5.74) is 6.47. The summed E-state index contributed by atoms with van der Waals surface area (Å²) < 4.78 is 5.64. The molecule has 1 unspecified atom stereocenters. The Hall–Kier alpha value is -3.35. The van der Waals surface area contributed by atoms with E-state index >= 15 is 0 Å². The van der Waals surface area contributed by atoms with Crippen molar-refractivity contribution in [2.24, 2.45) is 22.6 Å². The number of nitrogens with zero attached hydrogens (tertiary/aromatic N) is 3. The smallest absolute Gasteiger partial charge is 0.261 e. The molecule has 2 aliphatic heterocycles. The van der Waals surface area contributed by atoms with Crippen molar-refractivity contribution in [3.8, 4) is 5.75 Å². The van der Waals surface area contributed by atoms with Crippen molar-refractivity contribution in [1.82, 2.24) is 9.80 Å². The van der Waals surface area contributed by atoms with Gasteiger partial charge in [-0.05, 0) is 55.2 Å². The van der Waals surface area contributed by atoms with E-state index in [9.17, 15) is 9.59 Å². The van der Waals surface area contributed by atoms with E-state index in [1.165, 1.54) is 32.1 Å². The van der Waals surface area contributed by atoms with Crippen LogP contribution in [0.3, 0.4) is 0 Å². The molecule has 1 saturated carbocycles. The number of likely N-dealkylation sites (tertiary alicyclic amines) is 1. The third-order valence-corrected chi connectivity index (χ3v) is 8.58. The minimum absolute atomic E-state index is 0.00330. The standard InChI is InChI=1S/C31H40N4O3/c32-30-33-31(26-12-6-2-7-13-26,19-16-24-10-4-1-5-11-24)29(37)35(30)22-25-17-20-34(21-18-25)28(36)23-38-27-14-8-3-9-15-27/h2-3,6-9,12-15,24-25H,1,4-5,10-11,16-23H2,(H2,32,33). The summed E-state index contributed by atoms with van der Waals surface area (Å²) in [5, 5.41) is 0. The van der Waals surface area contributed by atoms with E-state index in [-0.39, 0.29) is 24.3 Å². The van der Waals surface area contributed by atoms with Gasteiger partial charge in [0.25, 0.3) is 11.8 Å². The van der Waals surface area contributed by atoms with Gasteiger partial charge in [-0.3, -0.25) is 14.5 Å². The molecule has 202 valence electrons. The largest absolute Gasteiger partial charge is 0.484 e. The normalized spacial score (nSPS) is 22.9. The molecule has 2 fully saturated rings. The summed E-state index contributed by atoms with van der Waals surface area (Å²) in [6.45, 7) is 1.91. The summed E-state index contributed by atoms with van der Waals surface area (Å²) in [6.07, 6.45) is 9.74. The molecule has 1 atom stereocenters. The van der Waals surface area contributed by atoms with E-state index in [1.807, 2.05) is 65.6 Å². The number of carbonyl (C=O) groups excluding carboxylic acids is 2. The number of guanidine groups is 1. The molecule has 0 bridgehead atoms. The molecule has 2 aromatic carbocycles. The molecule has 3 aliphatic rings. The minimum atomic E-state index is -0.922. The fourth-order valence-electron chi connectivity index (χ4n) is 6.28. The first-order valence-electron chi connectivity index (χ1n) is 14.2. The highest BCUT2D eigenvalue weighted by Crippen LogP contribution is 2.41. The predicted octanol–water partition coefficient (Wildman–Crippen LogP) is 4.72. The zero-order chi connectivity index (χ0) is 26.4. The fourth-order valence-corrected chi connectivity index (χ4v) is 6.28. The van der Waals surface area contributed by atoms with Crippen LogP contribution in [0.2, 0.25) is 0 Å². The molecular weight excluding hydrogens is 476 g/mol. The number of hydrogen-bond donors (Lipinski definition) is 1. The highest BCUT2D eigenvalue weighted by Gasteiger charge is 2.49. The van der Waals surface area contributed by atoms with Gasteiger partial charge in [0, 0.05) is 19.6 Å². The Morgan fingerprint density at radius 2 is 1.58 bits per heavy atom. The van der Waals surface area contributed by atoms with Crippen LogP contribution in [0.1, 0.15) is 63.4 Å². The van der Waals surface area contributed by atoms with Gasteiger partial charge in [-0.2, -0.15) is 0 Å². The molecule has 0 radical (unpaired) electrons. The van der Waals surface area contributed by atoms with Crippen molar-refractivity contribution in [2.75, 3.05) is 26.2 Å². The zero-order valence-corrected chi connectivity index (χ0v) is 22.3. The van der Waals surface area contributed by atoms with Gasteiger partial charge in [-0.1, -0.05) is 80.6 Å². The van der Waals surface area contributed by atoms with Gasteiger partial charge >= 0.3 is 0 Å². The molecule has 0 spiro atoms. The van der Waals surface area contributed by atoms with Crippen LogP contribution in [0.4, 0.5) is 0 Å². The van der Waals surface area contributed by atoms with Crippen LogP contribution in [-0.2, 0) is 15.1 Å². The Balaban J connectivity index is 1.19. The maximum atomic E-state index is 14.0. The number of hydrogen-bond acceptors (Lipinski definition) is 5. The quantitative estimate of drug-likeness (QED) is 0.523. The Bertz CT molecular complexity index is 1110. The average molecular weight is 517 g/mol. The predicted molar refractivity (Wildman–Crippen MR) is 149 cm³/mol. The highest BCUT2D eigenvalue weighted by atomic mass is 16.5. The molecule has 38 heavy (non-hydrogen) atoms. The number of nitrogens with two attached hydrogens (primary N) is 1. The number of rotatable bonds is 9. The second-order valence-electron chi connectivity index (χ2n) is 11.1. The molecule has 2 aromatic rings. The van der Waals surface area contributed by atoms with Crippen molar-refractivity contribution in [2.45, 2.75) is 63.3 Å². The molecule has 1 aliphatic carbocycles. The second kappa shape index (κ2) is 12.0. The minimum Gasteiger partial charge on any atom is -0.484 e. The second-order valence-corrected chi connectivity index (χ2v) is 11.1. The third-order valence-electron chi connectivity index (χ3n) is 8.58. The topological polar surface area (TPSA) is 88.2 Å². The Morgan fingerprint density at radius 3 is 2.26 bits per heavy atom. The lowest BCUT2D eigenvalue weighted by Crippen LogP contribution is -2.48. The molecule has 7 heteroatoms. The Morgan fingerprint density at radius 1 is 0.921 bits per heavy atom. The van der Waals surface area contributed by atoms with Crippen LogP contribution in [0.25, 0.3) is 0 Å². The number of benzene rings is 2. The maximum absolute atomic E-state index is 14.0. The molecule has 7 nitrogen and oxygen atoms in total. The molecule has 2 heterocycles. The van der Waals surface area contributed by atoms with Crippen LogP contribution in [0.15, 0.2) is 65.7 Å². The zero-order valence-electron chi connectivity index (χ0n) is 22.3. The van der Waals surface area contributed by atoms with Crippen molar-refractivity contribution < 1.29 is 14.3 Å². The van der Waals surface area contributed by atoms with Crippen LogP contribution in [0.5, 0.6) is 5.75 Å². The Kier molecular flexibility index (Phi) is 8.30. The van der Waals surface area contributed by atoms with E-state index in [0.717, 1.165) is 24.8 Å². The van der Waals surface area contributed by atoms with Crippen LogP contribution in [-0.4, -0.2) is 53.8 Å². The lowest BCUT2D eigenvalue weighted by molar-refractivity contribution is -0.136. The summed E-state index contributed by atoms with van der Waals surface area (Å²) in [7, 11) is 0. The number of carbonyl (C=O) groups is 2. The van der Waals surface area contributed by atoms with Gasteiger partial charge in [0.1, 0.15) is 5.75 Å². The van der Waals surface area contributed by atoms with E-state index in [0.29, 0.717) is 43.7 Å². The molecule has 1 saturated heterocycles. The number of ether oxygens (including phenoxy) is 1. The van der Waals surface area contributed by atoms with Crippen LogP contribution >= 0.6 is 0 Å². The van der Waals surface area contributed by atoms with Crippen molar-refractivity contribution in [3.05, 3.63) is 66.2 Å². The van der Waals surface area contributed by atoms with Gasteiger partial charge in [0.2, 0.25) is 0 Å². The van der Waals surface area contributed by atoms with Gasteiger partial charge in [-0.15, -0.1) is 0 Å². The lowest BCUT2D eigenvalue weighted by Gasteiger charge is -2.34. The van der Waals surface area contributed by atoms with Crippen LogP contribution < -0.4 is 10.5 Å². The van der Waals surface area contributed by atoms with Gasteiger partial charge in [-0.25, -0.2) is 4.99 Å². The fraction of sp³-hybridized carbons (Fsp3) is 0.516. The number of piperidine rings is 1. The average Bonchev–Trinajstić information content (AvgIpc) is 3.22. The molecular formula is C31H40N4O3. The molecule has 2 amide bonds. The van der Waals surface area contributed by atoms with E-state index < -0.39 is 5.54 Å². The monoisotopic (exact) mass is 516 g/mol. The Labute approximate surface area is 226 Å². The van der Waals surface area contributed by atoms with Crippen LogP contribution in [0, 0.1) is 11.8 Å². The number of aliphatic imine (C=N–C) groups is 1. The van der Waals surface area contributed by atoms with E-state index in [2.05, 4.69) is 0 Å². The van der Waals surface area contributed by atoms with E-state index in [4.69, 9.17) is 15.5 Å². The highest BCUT2D eigenvalue weighted by molar-refractivity contribution is 6.07. The SMILES string of the molecule is NC1=NC(CCC2CCCCC2)(c2ccccc2)C(=O)N1CC1CCN(C(=O)COc2ccccc2)CC1. The summed E-state index contributed by atoms with van der Waals surface area (Å²) in [4.78, 5) is 35.2. The van der Waals surface area contributed by atoms with Crippen molar-refractivity contribution in [1.29, 1.82) is 0 Å². The summed E-state index contributed by atoms with van der Waals surface area (Å²) in [6, 6.07) is 19.4. The van der Waals surface area contributed by atoms with Gasteiger partial charge in [0.15, 0.2) is 18.1 Å². The van der Waals surface area contributed by atoms with Gasteiger partial charge < -0.3 is 15.4 Å². The summed E-state index contributed by atoms with van der Waals surface area (Å²) >= 11 is 0. The van der Waals surface area contributed by atoms with Gasteiger partial charge in [0.05, 0.1) is 0 Å². The van der Waals surface area contributed by atoms with Crippen molar-refractivity contribution >= 4 is 17.8 Å². The molecule has 0 aromatic heterocycles. The maximum Gasteiger partial charge on any atom is 0.261 e. The van der Waals surface area contributed by atoms with E-state index in [1.54, 1.807) is 4.90 Å². The first-order valence-corrected chi connectivity index (χ1v) is 14.2. The third kappa shape index (κ3) is 5.87. The first kappa shape index (κ1) is 26.3. The molecule has 5 rings (SSSR count). The summed E-state index contributed by atoms with van der Waals surface area (Å²) in [5.74, 6) is 1.97. The lowest BCUT2D eigenvalue weighted by atomic mass is 9.79. The first-order chi connectivity index (χ1) is 18.5. The number of amides is 2. The molecule has 2 N–H and O–H groups in total. The number of para-hydroxylation sites is 1.